The maximum absolute atomic E-state index is 9.59. The van der Waals surface area contributed by atoms with Crippen molar-refractivity contribution in [2.75, 3.05) is 12.5 Å². The summed E-state index contributed by atoms with van der Waals surface area (Å²) in [5.41, 5.74) is 4.43. The van der Waals surface area contributed by atoms with Crippen LogP contribution in [0.5, 0.6) is 11.5 Å². The first-order chi connectivity index (χ1) is 11.6. The van der Waals surface area contributed by atoms with Gasteiger partial charge in [0.1, 0.15) is 6.33 Å². The zero-order valence-electron chi connectivity index (χ0n) is 13.6. The summed E-state index contributed by atoms with van der Waals surface area (Å²) in [5, 5.41) is 18.9. The largest absolute Gasteiger partial charge is 0.504 e. The van der Waals surface area contributed by atoms with Gasteiger partial charge in [0.05, 0.1) is 24.9 Å². The van der Waals surface area contributed by atoms with Crippen LogP contribution in [0.2, 0.25) is 0 Å². The fourth-order valence-corrected chi connectivity index (χ4v) is 2.27. The molecule has 0 unspecified atom stereocenters. The van der Waals surface area contributed by atoms with Crippen molar-refractivity contribution in [1.82, 2.24) is 19.7 Å². The summed E-state index contributed by atoms with van der Waals surface area (Å²) in [6.07, 6.45) is 4.81. The van der Waals surface area contributed by atoms with Crippen LogP contribution in [0.25, 0.3) is 11.0 Å². The summed E-state index contributed by atoms with van der Waals surface area (Å²) in [5.74, 6) is 1.05. The number of anilines is 1. The number of rotatable bonds is 5. The highest BCUT2D eigenvalue weighted by molar-refractivity contribution is 5.87. The zero-order chi connectivity index (χ0) is 17.1. The molecule has 3 aromatic rings. The van der Waals surface area contributed by atoms with E-state index in [1.807, 2.05) is 18.5 Å². The van der Waals surface area contributed by atoms with E-state index in [1.165, 1.54) is 13.4 Å². The second-order valence-electron chi connectivity index (χ2n) is 5.44. The second kappa shape index (κ2) is 6.53. The maximum atomic E-state index is 9.59. The predicted octanol–water partition coefficient (Wildman–Crippen LogP) is 2.57. The molecule has 2 N–H and O–H groups in total. The van der Waals surface area contributed by atoms with Crippen LogP contribution in [-0.4, -0.2) is 38.2 Å². The number of nitrogens with one attached hydrogen (secondary N) is 1. The molecule has 24 heavy (non-hydrogen) atoms. The summed E-state index contributed by atoms with van der Waals surface area (Å²) in [4.78, 5) is 8.48. The number of methoxy groups -OCH3 is 1. The smallest absolute Gasteiger partial charge is 0.163 e. The van der Waals surface area contributed by atoms with Crippen LogP contribution in [0, 0.1) is 0 Å². The minimum atomic E-state index is 0.0845. The van der Waals surface area contributed by atoms with Gasteiger partial charge in [0, 0.05) is 6.04 Å². The average Bonchev–Trinajstić information content (AvgIpc) is 3.01. The van der Waals surface area contributed by atoms with Gasteiger partial charge in [-0.1, -0.05) is 0 Å². The van der Waals surface area contributed by atoms with Gasteiger partial charge in [-0.2, -0.15) is 10.2 Å². The van der Waals surface area contributed by atoms with Crippen LogP contribution >= 0.6 is 0 Å². The fraction of sp³-hybridized carbons (Fsp3) is 0.250. The van der Waals surface area contributed by atoms with Crippen molar-refractivity contribution in [3.05, 3.63) is 36.3 Å². The lowest BCUT2D eigenvalue weighted by Crippen LogP contribution is -2.04. The van der Waals surface area contributed by atoms with Gasteiger partial charge in [0.25, 0.3) is 0 Å². The molecule has 0 amide bonds. The normalized spacial score (nSPS) is 11.5. The van der Waals surface area contributed by atoms with Crippen molar-refractivity contribution in [2.45, 2.75) is 19.9 Å². The Morgan fingerprint density at radius 3 is 2.92 bits per heavy atom. The van der Waals surface area contributed by atoms with Crippen molar-refractivity contribution in [3.63, 3.8) is 0 Å². The quantitative estimate of drug-likeness (QED) is 0.552. The van der Waals surface area contributed by atoms with Gasteiger partial charge < -0.3 is 9.84 Å². The Bertz CT molecular complexity index is 887. The lowest BCUT2D eigenvalue weighted by atomic mass is 10.2. The molecule has 0 bridgehead atoms. The van der Waals surface area contributed by atoms with Gasteiger partial charge in [-0.05, 0) is 37.6 Å². The van der Waals surface area contributed by atoms with Gasteiger partial charge in [0.2, 0.25) is 0 Å². The van der Waals surface area contributed by atoms with Crippen molar-refractivity contribution in [2.24, 2.45) is 5.10 Å². The fourth-order valence-electron chi connectivity index (χ4n) is 2.27. The molecule has 0 aliphatic rings. The van der Waals surface area contributed by atoms with Crippen molar-refractivity contribution in [3.8, 4) is 11.5 Å². The molecule has 0 aliphatic heterocycles. The highest BCUT2D eigenvalue weighted by Crippen LogP contribution is 2.25. The molecule has 3 rings (SSSR count). The lowest BCUT2D eigenvalue weighted by Gasteiger charge is -2.06. The van der Waals surface area contributed by atoms with Crippen molar-refractivity contribution in [1.29, 1.82) is 0 Å². The molecular weight excluding hydrogens is 308 g/mol. The van der Waals surface area contributed by atoms with Crippen LogP contribution < -0.4 is 10.2 Å². The molecule has 0 spiro atoms. The molecule has 0 saturated heterocycles. The second-order valence-corrected chi connectivity index (χ2v) is 5.44. The third-order valence-electron chi connectivity index (χ3n) is 3.47. The highest BCUT2D eigenvalue weighted by atomic mass is 16.5. The Morgan fingerprint density at radius 2 is 2.17 bits per heavy atom. The number of hydrazone groups is 1. The Labute approximate surface area is 138 Å². The molecule has 8 heteroatoms. The topological polar surface area (TPSA) is 97.5 Å². The molecule has 8 nitrogen and oxygen atoms in total. The summed E-state index contributed by atoms with van der Waals surface area (Å²) >= 11 is 0. The number of aromatic hydroxyl groups is 1. The van der Waals surface area contributed by atoms with E-state index in [9.17, 15) is 5.11 Å². The number of fused-ring (bicyclic) bond motifs is 1. The Hall–Kier alpha value is -3.16. The number of hydrogen-bond acceptors (Lipinski definition) is 7. The van der Waals surface area contributed by atoms with E-state index < -0.39 is 0 Å². The minimum absolute atomic E-state index is 0.0845. The summed E-state index contributed by atoms with van der Waals surface area (Å²) < 4.78 is 6.90. The third kappa shape index (κ3) is 2.98. The van der Waals surface area contributed by atoms with E-state index in [-0.39, 0.29) is 11.8 Å². The number of hydrogen-bond donors (Lipinski definition) is 2. The number of benzene rings is 1. The average molecular weight is 326 g/mol. The number of aromatic nitrogens is 4. The standard InChI is InChI=1S/C16H18N6O2/c1-10(2)22-16-12(8-20-22)15(17-9-18-16)21-19-7-11-4-5-13(23)14(6-11)24-3/h4-10,23H,1-3H3,(H,17,18,21)/b19-7+. The van der Waals surface area contributed by atoms with Gasteiger partial charge in [-0.3, -0.25) is 5.43 Å². The Balaban J connectivity index is 1.83. The van der Waals surface area contributed by atoms with E-state index in [0.717, 1.165) is 16.6 Å². The van der Waals surface area contributed by atoms with Gasteiger partial charge in [-0.25, -0.2) is 14.6 Å². The summed E-state index contributed by atoms with van der Waals surface area (Å²) in [7, 11) is 1.50. The number of phenolic OH excluding ortho intramolecular Hbond substituents is 1. The molecule has 2 aromatic heterocycles. The van der Waals surface area contributed by atoms with E-state index in [0.29, 0.717) is 11.6 Å². The van der Waals surface area contributed by atoms with Crippen LogP contribution in [0.4, 0.5) is 5.82 Å². The summed E-state index contributed by atoms with van der Waals surface area (Å²) in [6, 6.07) is 5.18. The zero-order valence-corrected chi connectivity index (χ0v) is 13.6. The predicted molar refractivity (Wildman–Crippen MR) is 91.6 cm³/mol. The Morgan fingerprint density at radius 1 is 1.33 bits per heavy atom. The number of nitrogens with zero attached hydrogens (tertiary/aromatic N) is 5. The van der Waals surface area contributed by atoms with Crippen LogP contribution in [0.15, 0.2) is 35.8 Å². The van der Waals surface area contributed by atoms with E-state index in [2.05, 4.69) is 25.6 Å². The minimum Gasteiger partial charge on any atom is -0.504 e. The Kier molecular flexibility index (Phi) is 4.28. The molecule has 1 aromatic carbocycles. The molecule has 0 atom stereocenters. The maximum Gasteiger partial charge on any atom is 0.163 e. The molecule has 0 fully saturated rings. The van der Waals surface area contributed by atoms with E-state index >= 15 is 0 Å². The number of ether oxygens (including phenoxy) is 1. The van der Waals surface area contributed by atoms with Crippen LogP contribution in [0.3, 0.4) is 0 Å². The number of phenols is 1. The lowest BCUT2D eigenvalue weighted by molar-refractivity contribution is 0.373. The monoisotopic (exact) mass is 326 g/mol. The van der Waals surface area contributed by atoms with Crippen molar-refractivity contribution >= 4 is 23.1 Å². The summed E-state index contributed by atoms with van der Waals surface area (Å²) in [6.45, 7) is 4.08. The molecule has 0 aliphatic carbocycles. The molecule has 0 saturated carbocycles. The van der Waals surface area contributed by atoms with Crippen LogP contribution in [0.1, 0.15) is 25.5 Å². The van der Waals surface area contributed by atoms with Gasteiger partial charge in [0.15, 0.2) is 23.0 Å². The first kappa shape index (κ1) is 15.7. The third-order valence-corrected chi connectivity index (χ3v) is 3.47. The van der Waals surface area contributed by atoms with Gasteiger partial charge >= 0.3 is 0 Å². The first-order valence-corrected chi connectivity index (χ1v) is 7.44. The highest BCUT2D eigenvalue weighted by Gasteiger charge is 2.11. The van der Waals surface area contributed by atoms with E-state index in [1.54, 1.807) is 30.6 Å². The van der Waals surface area contributed by atoms with E-state index in [4.69, 9.17) is 4.74 Å². The molecule has 2 heterocycles. The SMILES string of the molecule is COc1cc(/C=N/Nc2ncnc3c2cnn3C(C)C)ccc1O. The molecule has 124 valence electrons. The molecular formula is C16H18N6O2. The van der Waals surface area contributed by atoms with Crippen LogP contribution in [-0.2, 0) is 0 Å². The van der Waals surface area contributed by atoms with Gasteiger partial charge in [-0.15, -0.1) is 0 Å². The molecule has 0 radical (unpaired) electrons. The van der Waals surface area contributed by atoms with Crippen molar-refractivity contribution < 1.29 is 9.84 Å². The first-order valence-electron chi connectivity index (χ1n) is 7.44.